The summed E-state index contributed by atoms with van der Waals surface area (Å²) in [4.78, 5) is 21.3. The first-order valence-electron chi connectivity index (χ1n) is 13.7. The van der Waals surface area contributed by atoms with Crippen LogP contribution in [0, 0.1) is 6.92 Å². The van der Waals surface area contributed by atoms with Crippen LogP contribution in [0.5, 0.6) is 0 Å². The molecule has 4 rings (SSSR count). The van der Waals surface area contributed by atoms with Gasteiger partial charge >= 0.3 is 18.3 Å². The minimum absolute atomic E-state index is 0.259. The van der Waals surface area contributed by atoms with E-state index in [-0.39, 0.29) is 12.1 Å². The van der Waals surface area contributed by atoms with Gasteiger partial charge in [0.05, 0.1) is 6.10 Å². The van der Waals surface area contributed by atoms with E-state index in [9.17, 15) is 36.2 Å². The van der Waals surface area contributed by atoms with Crippen LogP contribution in [0.2, 0.25) is 0 Å². The van der Waals surface area contributed by atoms with Crippen molar-refractivity contribution in [1.82, 2.24) is 14.8 Å². The van der Waals surface area contributed by atoms with Crippen LogP contribution in [-0.2, 0) is 28.2 Å². The number of benzene rings is 2. The maximum absolute atomic E-state index is 13.2. The average Bonchev–Trinajstić information content (AvgIpc) is 2.92. The second kappa shape index (κ2) is 12.6. The molecule has 43 heavy (non-hydrogen) atoms. The first-order valence-corrected chi connectivity index (χ1v) is 13.7. The van der Waals surface area contributed by atoms with Crippen molar-refractivity contribution in [2.45, 2.75) is 64.0 Å². The summed E-state index contributed by atoms with van der Waals surface area (Å²) in [6.45, 7) is 8.27. The molecule has 1 aliphatic heterocycles. The minimum atomic E-state index is -5.95. The van der Waals surface area contributed by atoms with Crippen LogP contribution in [0.1, 0.15) is 36.1 Å². The summed E-state index contributed by atoms with van der Waals surface area (Å²) in [5, 5.41) is 9.66. The number of carbonyl (C=O) groups is 1. The number of aromatic nitrogens is 1. The number of hydrogen-bond donors (Lipinski definition) is 1. The second-order valence-electron chi connectivity index (χ2n) is 11.0. The molecule has 6 nitrogen and oxygen atoms in total. The van der Waals surface area contributed by atoms with E-state index in [0.29, 0.717) is 56.0 Å². The summed E-state index contributed by atoms with van der Waals surface area (Å²) >= 11 is 0. The zero-order valence-electron chi connectivity index (χ0n) is 23.9. The summed E-state index contributed by atoms with van der Waals surface area (Å²) in [5.41, 5.74) is -2.52. The van der Waals surface area contributed by atoms with Crippen LogP contribution >= 0.6 is 0 Å². The summed E-state index contributed by atoms with van der Waals surface area (Å²) in [6.07, 6.45) is -8.74. The first kappa shape index (κ1) is 32.4. The average molecular weight is 610 g/mol. The largest absolute Gasteiger partial charge is 0.462 e. The van der Waals surface area contributed by atoms with Crippen LogP contribution in [0.15, 0.2) is 67.0 Å². The molecule has 232 valence electrons. The van der Waals surface area contributed by atoms with Crippen LogP contribution in [0.4, 0.5) is 26.3 Å². The Morgan fingerprint density at radius 1 is 0.930 bits per heavy atom. The zero-order valence-corrected chi connectivity index (χ0v) is 23.9. The van der Waals surface area contributed by atoms with Gasteiger partial charge in [-0.2, -0.15) is 26.3 Å². The van der Waals surface area contributed by atoms with E-state index in [1.54, 1.807) is 39.2 Å². The van der Waals surface area contributed by atoms with Gasteiger partial charge in [-0.15, -0.1) is 0 Å². The second-order valence-corrected chi connectivity index (χ2v) is 11.0. The van der Waals surface area contributed by atoms with E-state index >= 15 is 0 Å². The maximum atomic E-state index is 13.2. The Morgan fingerprint density at radius 3 is 2.12 bits per heavy atom. The number of aliphatic hydroxyl groups is 1. The molecule has 12 heteroatoms. The highest BCUT2D eigenvalue weighted by Crippen LogP contribution is 2.50. The molecule has 0 radical (unpaired) electrons. The molecular weight excluding hydrogens is 576 g/mol. The molecule has 1 atom stereocenters. The van der Waals surface area contributed by atoms with Gasteiger partial charge in [-0.05, 0) is 60.7 Å². The molecule has 1 saturated heterocycles. The van der Waals surface area contributed by atoms with Crippen molar-refractivity contribution >= 4 is 5.97 Å². The molecule has 0 saturated carbocycles. The van der Waals surface area contributed by atoms with Crippen LogP contribution in [0.3, 0.4) is 0 Å². The molecule has 0 bridgehead atoms. The summed E-state index contributed by atoms with van der Waals surface area (Å²) < 4.78 is 85.0. The Morgan fingerprint density at radius 2 is 1.56 bits per heavy atom. The number of pyridine rings is 1. The van der Waals surface area contributed by atoms with Gasteiger partial charge in [0.25, 0.3) is 5.60 Å². The highest BCUT2D eigenvalue weighted by atomic mass is 19.4. The monoisotopic (exact) mass is 609 g/mol. The summed E-state index contributed by atoms with van der Waals surface area (Å²) in [6, 6.07) is 12.4. The smallest absolute Gasteiger partial charge is 0.430 e. The van der Waals surface area contributed by atoms with Crippen molar-refractivity contribution in [3.63, 3.8) is 0 Å². The molecule has 1 fully saturated rings. The molecule has 1 N–H and O–H groups in total. The number of ether oxygens (including phenoxy) is 1. The highest BCUT2D eigenvalue weighted by Gasteiger charge is 2.71. The van der Waals surface area contributed by atoms with E-state index in [0.717, 1.165) is 28.8 Å². The number of aryl methyl sites for hydroxylation is 1. The van der Waals surface area contributed by atoms with Crippen LogP contribution in [-0.4, -0.2) is 70.0 Å². The number of rotatable bonds is 8. The molecule has 3 aromatic rings. The normalized spacial score (nSPS) is 17.3. The van der Waals surface area contributed by atoms with Crippen LogP contribution in [0.25, 0.3) is 11.1 Å². The van der Waals surface area contributed by atoms with Crippen molar-refractivity contribution in [2.24, 2.45) is 0 Å². The summed E-state index contributed by atoms with van der Waals surface area (Å²) in [5.74, 6) is -0.299. The number of nitrogens with zero attached hydrogens (tertiary/aromatic N) is 3. The lowest BCUT2D eigenvalue weighted by Gasteiger charge is -2.40. The fraction of sp³-hybridized carbons (Fsp3) is 0.419. The molecule has 1 aromatic heterocycles. The van der Waals surface area contributed by atoms with Crippen molar-refractivity contribution < 1.29 is 41.0 Å². The summed E-state index contributed by atoms with van der Waals surface area (Å²) in [7, 11) is 0. The highest BCUT2D eigenvalue weighted by molar-refractivity contribution is 5.76. The molecule has 2 heterocycles. The van der Waals surface area contributed by atoms with Crippen LogP contribution < -0.4 is 0 Å². The Labute approximate surface area is 245 Å². The van der Waals surface area contributed by atoms with Gasteiger partial charge in [0, 0.05) is 50.7 Å². The van der Waals surface area contributed by atoms with Crippen molar-refractivity contribution in [2.75, 3.05) is 19.6 Å². The number of alkyl halides is 6. The Balaban J connectivity index is 1.49. The fourth-order valence-electron chi connectivity index (χ4n) is 5.25. The van der Waals surface area contributed by atoms with Crippen molar-refractivity contribution in [3.8, 4) is 11.1 Å². The van der Waals surface area contributed by atoms with E-state index in [1.807, 2.05) is 24.3 Å². The Kier molecular flexibility index (Phi) is 9.53. The Hall–Kier alpha value is -3.48. The number of carbonyl (C=O) groups excluding carboxylic acids is 1. The third kappa shape index (κ3) is 7.19. The van der Waals surface area contributed by atoms with Gasteiger partial charge in [0.2, 0.25) is 0 Å². The fourth-order valence-corrected chi connectivity index (χ4v) is 5.25. The van der Waals surface area contributed by atoms with Gasteiger partial charge in [-0.25, -0.2) is 0 Å². The lowest BCUT2D eigenvalue weighted by atomic mass is 9.90. The molecule has 0 spiro atoms. The van der Waals surface area contributed by atoms with E-state index in [4.69, 9.17) is 4.74 Å². The standard InChI is InChI=1S/C31H33F6N3O3/c1-20(2)43-28(41)27-19-39(14-15-40(27)18-22-10-12-38-13-11-22)17-23-4-9-26(21(3)16-23)24-5-7-25(8-6-24)29(42,30(32,33)34)31(35,36)37/h4-13,16,20,27,42H,14-15,17-19H2,1-3H3/t27-/m0/s1. The maximum Gasteiger partial charge on any atom is 0.430 e. The van der Waals surface area contributed by atoms with Crippen molar-refractivity contribution in [1.29, 1.82) is 0 Å². The lowest BCUT2D eigenvalue weighted by Crippen LogP contribution is -2.56. The van der Waals surface area contributed by atoms with Gasteiger partial charge in [-0.1, -0.05) is 42.5 Å². The third-order valence-corrected chi connectivity index (χ3v) is 7.47. The lowest BCUT2D eigenvalue weighted by molar-refractivity contribution is -0.376. The molecule has 0 unspecified atom stereocenters. The van der Waals surface area contributed by atoms with E-state index in [2.05, 4.69) is 14.8 Å². The van der Waals surface area contributed by atoms with Gasteiger partial charge < -0.3 is 9.84 Å². The molecule has 2 aromatic carbocycles. The number of halogens is 6. The molecule has 0 aliphatic carbocycles. The zero-order chi connectivity index (χ0) is 31.6. The predicted molar refractivity (Wildman–Crippen MR) is 148 cm³/mol. The number of esters is 1. The SMILES string of the molecule is Cc1cc(CN2CCN(Cc3ccncc3)[C@H](C(=O)OC(C)C)C2)ccc1-c1ccc(C(O)(C(F)(F)F)C(F)(F)F)cc1. The number of hydrogen-bond acceptors (Lipinski definition) is 6. The van der Waals surface area contributed by atoms with Gasteiger partial charge in [0.1, 0.15) is 6.04 Å². The van der Waals surface area contributed by atoms with Crippen molar-refractivity contribution in [3.05, 3.63) is 89.2 Å². The quantitative estimate of drug-likeness (QED) is 0.250. The molecular formula is C31H33F6N3O3. The third-order valence-electron chi connectivity index (χ3n) is 7.47. The minimum Gasteiger partial charge on any atom is -0.462 e. The topological polar surface area (TPSA) is 65.9 Å². The van der Waals surface area contributed by atoms with Gasteiger partial charge in [0.15, 0.2) is 0 Å². The van der Waals surface area contributed by atoms with E-state index < -0.39 is 29.6 Å². The molecule has 1 aliphatic rings. The predicted octanol–water partition coefficient (Wildman–Crippen LogP) is 6.01. The first-order chi connectivity index (χ1) is 20.1. The molecule has 0 amide bonds. The van der Waals surface area contributed by atoms with E-state index in [1.165, 1.54) is 0 Å². The Bertz CT molecular complexity index is 1380. The van der Waals surface area contributed by atoms with Gasteiger partial charge in [-0.3, -0.25) is 19.6 Å². The number of piperazine rings is 1.